The molecular weight excluding hydrogens is 279 g/mol. The highest BCUT2D eigenvalue weighted by Gasteiger charge is 2.21. The van der Waals surface area contributed by atoms with E-state index < -0.39 is 15.8 Å². The average molecular weight is 302 g/mol. The summed E-state index contributed by atoms with van der Waals surface area (Å²) in [6.07, 6.45) is 2.74. The zero-order valence-corrected chi connectivity index (χ0v) is 13.1. The van der Waals surface area contributed by atoms with Crippen LogP contribution in [0.15, 0.2) is 23.1 Å². The summed E-state index contributed by atoms with van der Waals surface area (Å²) in [5, 5.41) is 2.89. The second kappa shape index (κ2) is 7.71. The summed E-state index contributed by atoms with van der Waals surface area (Å²) in [6.45, 7) is 4.25. The fourth-order valence-corrected chi connectivity index (χ4v) is 3.54. The Morgan fingerprint density at radius 1 is 1.35 bits per heavy atom. The first-order valence-corrected chi connectivity index (χ1v) is 8.34. The second-order valence-corrected chi connectivity index (χ2v) is 6.63. The minimum Gasteiger partial charge on any atom is -0.316 e. The number of hydrogen-bond donors (Lipinski definition) is 2. The molecule has 0 aliphatic carbocycles. The van der Waals surface area contributed by atoms with Crippen LogP contribution in [-0.4, -0.2) is 21.5 Å². The lowest BCUT2D eigenvalue weighted by atomic mass is 10.2. The molecule has 0 saturated heterocycles. The molecule has 0 radical (unpaired) electrons. The van der Waals surface area contributed by atoms with Gasteiger partial charge >= 0.3 is 0 Å². The van der Waals surface area contributed by atoms with Gasteiger partial charge in [-0.1, -0.05) is 25.8 Å². The topological polar surface area (TPSA) is 58.2 Å². The van der Waals surface area contributed by atoms with E-state index in [4.69, 9.17) is 0 Å². The minimum atomic E-state index is -3.70. The molecule has 1 unspecified atom stereocenters. The summed E-state index contributed by atoms with van der Waals surface area (Å²) < 4.78 is 40.7. The molecule has 0 aromatic heterocycles. The molecule has 0 spiro atoms. The molecule has 6 heteroatoms. The monoisotopic (exact) mass is 302 g/mol. The van der Waals surface area contributed by atoms with Crippen LogP contribution in [0.3, 0.4) is 0 Å². The third-order valence-corrected chi connectivity index (χ3v) is 4.70. The predicted octanol–water partition coefficient (Wildman–Crippen LogP) is 2.40. The van der Waals surface area contributed by atoms with E-state index in [1.807, 2.05) is 6.92 Å². The summed E-state index contributed by atoms with van der Waals surface area (Å²) in [7, 11) is -1.98. The van der Waals surface area contributed by atoms with Gasteiger partial charge in [0.25, 0.3) is 0 Å². The molecule has 0 aliphatic rings. The average Bonchev–Trinajstić information content (AvgIpc) is 2.38. The van der Waals surface area contributed by atoms with Crippen LogP contribution in [0.5, 0.6) is 0 Å². The Balaban J connectivity index is 2.99. The van der Waals surface area contributed by atoms with E-state index in [9.17, 15) is 12.8 Å². The van der Waals surface area contributed by atoms with E-state index in [1.165, 1.54) is 12.1 Å². The van der Waals surface area contributed by atoms with Crippen molar-refractivity contribution in [2.45, 2.75) is 50.6 Å². The lowest BCUT2D eigenvalue weighted by Crippen LogP contribution is -2.33. The molecule has 114 valence electrons. The maximum Gasteiger partial charge on any atom is 0.241 e. The van der Waals surface area contributed by atoms with Gasteiger partial charge in [-0.05, 0) is 38.1 Å². The van der Waals surface area contributed by atoms with Crippen molar-refractivity contribution in [1.29, 1.82) is 0 Å². The number of nitrogens with one attached hydrogen (secondary N) is 2. The molecule has 1 aromatic rings. The Kier molecular flexibility index (Phi) is 6.58. The van der Waals surface area contributed by atoms with Crippen LogP contribution in [0.25, 0.3) is 0 Å². The Morgan fingerprint density at radius 2 is 2.05 bits per heavy atom. The summed E-state index contributed by atoms with van der Waals surface area (Å²) in [4.78, 5) is 0.00944. The zero-order valence-electron chi connectivity index (χ0n) is 12.2. The molecule has 0 heterocycles. The van der Waals surface area contributed by atoms with Crippen LogP contribution in [0.2, 0.25) is 0 Å². The SMILES string of the molecule is CCCCC(C)NS(=O)(=O)c1cc(F)ccc1CNC. The first-order chi connectivity index (χ1) is 9.40. The fourth-order valence-electron chi connectivity index (χ4n) is 2.01. The molecule has 0 aliphatic heterocycles. The molecule has 1 aromatic carbocycles. The van der Waals surface area contributed by atoms with Crippen molar-refractivity contribution in [3.8, 4) is 0 Å². The number of unbranched alkanes of at least 4 members (excludes halogenated alkanes) is 1. The highest BCUT2D eigenvalue weighted by Crippen LogP contribution is 2.18. The minimum absolute atomic E-state index is 0.00944. The molecular formula is C14H23FN2O2S. The molecule has 0 amide bonds. The van der Waals surface area contributed by atoms with Gasteiger partial charge in [0.05, 0.1) is 4.90 Å². The van der Waals surface area contributed by atoms with E-state index in [1.54, 1.807) is 7.05 Å². The van der Waals surface area contributed by atoms with Gasteiger partial charge in [-0.25, -0.2) is 17.5 Å². The molecule has 1 atom stereocenters. The van der Waals surface area contributed by atoms with Gasteiger partial charge < -0.3 is 5.32 Å². The van der Waals surface area contributed by atoms with Crippen molar-refractivity contribution < 1.29 is 12.8 Å². The molecule has 0 fully saturated rings. The van der Waals surface area contributed by atoms with Crippen molar-refractivity contribution in [2.24, 2.45) is 0 Å². The van der Waals surface area contributed by atoms with Crippen molar-refractivity contribution in [3.05, 3.63) is 29.6 Å². The standard InChI is InChI=1S/C14H23FN2O2S/c1-4-5-6-11(2)17-20(18,19)14-9-13(15)8-7-12(14)10-16-3/h7-9,11,16-17H,4-6,10H2,1-3H3. The first-order valence-electron chi connectivity index (χ1n) is 6.86. The van der Waals surface area contributed by atoms with Gasteiger partial charge in [0.1, 0.15) is 5.82 Å². The molecule has 20 heavy (non-hydrogen) atoms. The molecule has 4 nitrogen and oxygen atoms in total. The third kappa shape index (κ3) is 4.85. The summed E-state index contributed by atoms with van der Waals surface area (Å²) >= 11 is 0. The van der Waals surface area contributed by atoms with Crippen LogP contribution >= 0.6 is 0 Å². The van der Waals surface area contributed by atoms with Crippen molar-refractivity contribution in [1.82, 2.24) is 10.0 Å². The maximum absolute atomic E-state index is 13.3. The largest absolute Gasteiger partial charge is 0.316 e. The zero-order chi connectivity index (χ0) is 15.2. The number of hydrogen-bond acceptors (Lipinski definition) is 3. The van der Waals surface area contributed by atoms with E-state index in [0.29, 0.717) is 12.1 Å². The van der Waals surface area contributed by atoms with Crippen LogP contribution < -0.4 is 10.0 Å². The normalized spacial score (nSPS) is 13.4. The summed E-state index contributed by atoms with van der Waals surface area (Å²) in [5.41, 5.74) is 0.559. The lowest BCUT2D eigenvalue weighted by Gasteiger charge is -2.16. The van der Waals surface area contributed by atoms with Crippen LogP contribution in [0.1, 0.15) is 38.7 Å². The Bertz CT molecular complexity index is 532. The van der Waals surface area contributed by atoms with E-state index in [0.717, 1.165) is 25.3 Å². The Morgan fingerprint density at radius 3 is 2.65 bits per heavy atom. The van der Waals surface area contributed by atoms with Crippen molar-refractivity contribution in [2.75, 3.05) is 7.05 Å². The fraction of sp³-hybridized carbons (Fsp3) is 0.571. The van der Waals surface area contributed by atoms with Crippen LogP contribution in [0, 0.1) is 5.82 Å². The highest BCUT2D eigenvalue weighted by molar-refractivity contribution is 7.89. The summed E-state index contributed by atoms with van der Waals surface area (Å²) in [6, 6.07) is 3.68. The second-order valence-electron chi connectivity index (χ2n) is 4.95. The maximum atomic E-state index is 13.3. The van der Waals surface area contributed by atoms with Gasteiger partial charge in [-0.2, -0.15) is 0 Å². The van der Waals surface area contributed by atoms with Crippen molar-refractivity contribution in [3.63, 3.8) is 0 Å². The van der Waals surface area contributed by atoms with Gasteiger partial charge in [-0.15, -0.1) is 0 Å². The Hall–Kier alpha value is -0.980. The van der Waals surface area contributed by atoms with Crippen LogP contribution in [0.4, 0.5) is 4.39 Å². The van der Waals surface area contributed by atoms with Crippen LogP contribution in [-0.2, 0) is 16.6 Å². The smallest absolute Gasteiger partial charge is 0.241 e. The van der Waals surface area contributed by atoms with Gasteiger partial charge in [0.2, 0.25) is 10.0 Å². The number of halogens is 1. The number of benzene rings is 1. The molecule has 1 rings (SSSR count). The molecule has 2 N–H and O–H groups in total. The third-order valence-electron chi connectivity index (χ3n) is 3.03. The number of sulfonamides is 1. The highest BCUT2D eigenvalue weighted by atomic mass is 32.2. The van der Waals surface area contributed by atoms with E-state index >= 15 is 0 Å². The Labute approximate surface area is 120 Å². The van der Waals surface area contributed by atoms with E-state index in [-0.39, 0.29) is 10.9 Å². The van der Waals surface area contributed by atoms with Gasteiger partial charge in [0.15, 0.2) is 0 Å². The summed E-state index contributed by atoms with van der Waals surface area (Å²) in [5.74, 6) is -0.550. The number of rotatable bonds is 8. The quantitative estimate of drug-likeness (QED) is 0.775. The lowest BCUT2D eigenvalue weighted by molar-refractivity contribution is 0.531. The predicted molar refractivity (Wildman–Crippen MR) is 78.5 cm³/mol. The van der Waals surface area contributed by atoms with Gasteiger partial charge in [0, 0.05) is 12.6 Å². The van der Waals surface area contributed by atoms with E-state index in [2.05, 4.69) is 17.0 Å². The molecule has 0 bridgehead atoms. The van der Waals surface area contributed by atoms with Gasteiger partial charge in [-0.3, -0.25) is 0 Å². The van der Waals surface area contributed by atoms with Crippen molar-refractivity contribution >= 4 is 10.0 Å². The first kappa shape index (κ1) is 17.1. The molecule has 0 saturated carbocycles.